The lowest BCUT2D eigenvalue weighted by Gasteiger charge is -2.37. The van der Waals surface area contributed by atoms with Crippen molar-refractivity contribution in [2.45, 2.75) is 6.92 Å². The van der Waals surface area contributed by atoms with Gasteiger partial charge in [-0.25, -0.2) is 14.8 Å². The Morgan fingerprint density at radius 3 is 2.48 bits per heavy atom. The summed E-state index contributed by atoms with van der Waals surface area (Å²) >= 11 is 0. The highest BCUT2D eigenvalue weighted by atomic mass is 16.4. The van der Waals surface area contributed by atoms with E-state index >= 15 is 0 Å². The predicted molar refractivity (Wildman–Crippen MR) is 121 cm³/mol. The molecule has 156 valence electrons. The average molecular weight is 413 g/mol. The van der Waals surface area contributed by atoms with Crippen LogP contribution in [0.2, 0.25) is 0 Å². The maximum absolute atomic E-state index is 11.8. The van der Waals surface area contributed by atoms with Crippen molar-refractivity contribution in [1.29, 1.82) is 0 Å². The Labute approximate surface area is 180 Å². The number of piperazine rings is 1. The summed E-state index contributed by atoms with van der Waals surface area (Å²) in [4.78, 5) is 25.5. The second-order valence-corrected chi connectivity index (χ2v) is 7.78. The molecule has 7 heteroatoms. The molecule has 3 aromatic heterocycles. The van der Waals surface area contributed by atoms with E-state index in [0.29, 0.717) is 11.5 Å². The SMILES string of the molecule is Cc1cc2nccn2cc1-c1cc(C(=O)O)cc(N2CCN(c3ccccc3)CC2)n1. The number of para-hydroxylation sites is 1. The summed E-state index contributed by atoms with van der Waals surface area (Å²) in [6.07, 6.45) is 5.59. The molecule has 7 nitrogen and oxygen atoms in total. The Bertz CT molecular complexity index is 1240. The van der Waals surface area contributed by atoms with Crippen LogP contribution < -0.4 is 9.80 Å². The first-order chi connectivity index (χ1) is 15.1. The van der Waals surface area contributed by atoms with E-state index in [1.165, 1.54) is 5.69 Å². The lowest BCUT2D eigenvalue weighted by molar-refractivity contribution is 0.0697. The zero-order chi connectivity index (χ0) is 21.4. The number of benzene rings is 1. The van der Waals surface area contributed by atoms with Gasteiger partial charge in [-0.1, -0.05) is 18.2 Å². The monoisotopic (exact) mass is 413 g/mol. The van der Waals surface area contributed by atoms with Crippen LogP contribution in [0.15, 0.2) is 67.1 Å². The number of anilines is 2. The molecule has 1 fully saturated rings. The number of imidazole rings is 1. The maximum atomic E-state index is 11.8. The van der Waals surface area contributed by atoms with Gasteiger partial charge in [-0.3, -0.25) is 0 Å². The predicted octanol–water partition coefficient (Wildman–Crippen LogP) is 3.73. The van der Waals surface area contributed by atoms with Crippen LogP contribution in [-0.4, -0.2) is 51.6 Å². The second-order valence-electron chi connectivity index (χ2n) is 7.78. The van der Waals surface area contributed by atoms with Gasteiger partial charge >= 0.3 is 5.97 Å². The van der Waals surface area contributed by atoms with Crippen LogP contribution in [-0.2, 0) is 0 Å². The van der Waals surface area contributed by atoms with Crippen LogP contribution in [0.1, 0.15) is 15.9 Å². The number of pyridine rings is 2. The molecular formula is C24H23N5O2. The van der Waals surface area contributed by atoms with Crippen molar-refractivity contribution in [1.82, 2.24) is 14.4 Å². The summed E-state index contributed by atoms with van der Waals surface area (Å²) in [7, 11) is 0. The van der Waals surface area contributed by atoms with Gasteiger partial charge in [0.25, 0.3) is 0 Å². The molecule has 0 radical (unpaired) electrons. The summed E-state index contributed by atoms with van der Waals surface area (Å²) < 4.78 is 1.93. The van der Waals surface area contributed by atoms with Gasteiger partial charge in [-0.2, -0.15) is 0 Å². The normalized spacial score (nSPS) is 14.2. The molecule has 0 unspecified atom stereocenters. The number of nitrogens with zero attached hydrogens (tertiary/aromatic N) is 5. The van der Waals surface area contributed by atoms with Crippen molar-refractivity contribution in [3.63, 3.8) is 0 Å². The van der Waals surface area contributed by atoms with Crippen molar-refractivity contribution in [2.75, 3.05) is 36.0 Å². The van der Waals surface area contributed by atoms with Crippen LogP contribution in [0.4, 0.5) is 11.5 Å². The third-order valence-corrected chi connectivity index (χ3v) is 5.80. The topological polar surface area (TPSA) is 74.0 Å². The van der Waals surface area contributed by atoms with E-state index in [-0.39, 0.29) is 5.56 Å². The Kier molecular flexibility index (Phi) is 4.78. The third-order valence-electron chi connectivity index (χ3n) is 5.80. The van der Waals surface area contributed by atoms with Gasteiger partial charge in [-0.05, 0) is 42.8 Å². The number of hydrogen-bond acceptors (Lipinski definition) is 5. The molecule has 0 aliphatic carbocycles. The molecule has 0 amide bonds. The number of aromatic carboxylic acids is 1. The number of carbonyl (C=O) groups is 1. The molecule has 31 heavy (non-hydrogen) atoms. The molecule has 0 atom stereocenters. The zero-order valence-corrected chi connectivity index (χ0v) is 17.3. The Morgan fingerprint density at radius 2 is 1.74 bits per heavy atom. The number of carboxylic acids is 1. The molecule has 1 aliphatic heterocycles. The highest BCUT2D eigenvalue weighted by molar-refractivity contribution is 5.90. The number of carboxylic acid groups (broad SMARTS) is 1. The summed E-state index contributed by atoms with van der Waals surface area (Å²) in [5.41, 5.74) is 4.88. The van der Waals surface area contributed by atoms with Crippen LogP contribution in [0.5, 0.6) is 0 Å². The highest BCUT2D eigenvalue weighted by Gasteiger charge is 2.21. The van der Waals surface area contributed by atoms with E-state index in [9.17, 15) is 9.90 Å². The van der Waals surface area contributed by atoms with E-state index in [4.69, 9.17) is 4.98 Å². The lowest BCUT2D eigenvalue weighted by Crippen LogP contribution is -2.46. The summed E-state index contributed by atoms with van der Waals surface area (Å²) in [5, 5.41) is 9.71. The number of aromatic nitrogens is 3. The maximum Gasteiger partial charge on any atom is 0.335 e. The van der Waals surface area contributed by atoms with Crippen molar-refractivity contribution < 1.29 is 9.90 Å². The molecule has 1 aromatic carbocycles. The molecule has 4 heterocycles. The van der Waals surface area contributed by atoms with E-state index in [1.54, 1.807) is 18.3 Å². The van der Waals surface area contributed by atoms with Gasteiger partial charge < -0.3 is 19.3 Å². The van der Waals surface area contributed by atoms with Crippen molar-refractivity contribution in [3.8, 4) is 11.3 Å². The van der Waals surface area contributed by atoms with Crippen LogP contribution in [0, 0.1) is 6.92 Å². The number of fused-ring (bicyclic) bond motifs is 1. The molecule has 0 saturated carbocycles. The van der Waals surface area contributed by atoms with E-state index in [2.05, 4.69) is 26.9 Å². The van der Waals surface area contributed by atoms with Crippen LogP contribution in [0.25, 0.3) is 16.9 Å². The van der Waals surface area contributed by atoms with Crippen molar-refractivity contribution in [2.24, 2.45) is 0 Å². The van der Waals surface area contributed by atoms with Gasteiger partial charge in [0.15, 0.2) is 0 Å². The molecule has 4 aromatic rings. The molecule has 1 N–H and O–H groups in total. The van der Waals surface area contributed by atoms with Crippen LogP contribution >= 0.6 is 0 Å². The third kappa shape index (κ3) is 3.70. The zero-order valence-electron chi connectivity index (χ0n) is 17.3. The highest BCUT2D eigenvalue weighted by Crippen LogP contribution is 2.28. The summed E-state index contributed by atoms with van der Waals surface area (Å²) in [6.45, 7) is 5.28. The standard InChI is InChI=1S/C24H23N5O2/c1-17-13-22-25-7-8-29(22)16-20(17)21-14-18(24(30)31)15-23(26-21)28-11-9-27(10-12-28)19-5-3-2-4-6-19/h2-8,13-16H,9-12H2,1H3,(H,30,31). The summed E-state index contributed by atoms with van der Waals surface area (Å²) in [6, 6.07) is 15.7. The fourth-order valence-electron chi connectivity index (χ4n) is 4.10. The minimum Gasteiger partial charge on any atom is -0.478 e. The molecule has 5 rings (SSSR count). The Morgan fingerprint density at radius 1 is 1.00 bits per heavy atom. The van der Waals surface area contributed by atoms with Crippen molar-refractivity contribution >= 4 is 23.1 Å². The average Bonchev–Trinajstić information content (AvgIpc) is 3.26. The largest absolute Gasteiger partial charge is 0.478 e. The number of hydrogen-bond donors (Lipinski definition) is 1. The number of rotatable bonds is 4. The van der Waals surface area contributed by atoms with Crippen LogP contribution in [0.3, 0.4) is 0 Å². The molecular weight excluding hydrogens is 390 g/mol. The van der Waals surface area contributed by atoms with Gasteiger partial charge in [0, 0.05) is 56.0 Å². The van der Waals surface area contributed by atoms with E-state index in [1.807, 2.05) is 48.0 Å². The van der Waals surface area contributed by atoms with Crippen molar-refractivity contribution in [3.05, 3.63) is 78.2 Å². The molecule has 0 spiro atoms. The van der Waals surface area contributed by atoms with Gasteiger partial charge in [-0.15, -0.1) is 0 Å². The minimum atomic E-state index is -0.950. The smallest absolute Gasteiger partial charge is 0.335 e. The Hall–Kier alpha value is -3.87. The number of aryl methyl sites for hydroxylation is 1. The first-order valence-electron chi connectivity index (χ1n) is 10.3. The fourth-order valence-corrected chi connectivity index (χ4v) is 4.10. The first kappa shape index (κ1) is 19.1. The Balaban J connectivity index is 1.47. The van der Waals surface area contributed by atoms with Gasteiger partial charge in [0.05, 0.1) is 11.3 Å². The minimum absolute atomic E-state index is 0.246. The molecule has 0 bridgehead atoms. The van der Waals surface area contributed by atoms with Gasteiger partial charge in [0.1, 0.15) is 11.5 Å². The van der Waals surface area contributed by atoms with Gasteiger partial charge in [0.2, 0.25) is 0 Å². The molecule has 1 saturated heterocycles. The lowest BCUT2D eigenvalue weighted by atomic mass is 10.1. The van der Waals surface area contributed by atoms with E-state index < -0.39 is 5.97 Å². The molecule has 1 aliphatic rings. The fraction of sp³-hybridized carbons (Fsp3) is 0.208. The van der Waals surface area contributed by atoms with E-state index in [0.717, 1.165) is 43.0 Å². The quantitative estimate of drug-likeness (QED) is 0.550. The second kappa shape index (κ2) is 7.75. The first-order valence-corrected chi connectivity index (χ1v) is 10.3. The summed E-state index contributed by atoms with van der Waals surface area (Å²) in [5.74, 6) is -0.248.